The highest BCUT2D eigenvalue weighted by Gasteiger charge is 1.94. The van der Waals surface area contributed by atoms with E-state index in [9.17, 15) is 9.59 Å². The van der Waals surface area contributed by atoms with Crippen LogP contribution in [-0.4, -0.2) is 31.4 Å². The first-order valence-electron chi connectivity index (χ1n) is 4.86. The van der Waals surface area contributed by atoms with Gasteiger partial charge in [-0.05, 0) is 19.4 Å². The number of amides is 2. The van der Waals surface area contributed by atoms with Crippen LogP contribution in [0.25, 0.3) is 0 Å². The fourth-order valence-electron chi connectivity index (χ4n) is 1.00. The van der Waals surface area contributed by atoms with E-state index >= 15 is 0 Å². The van der Waals surface area contributed by atoms with Crippen molar-refractivity contribution in [1.29, 1.82) is 0 Å². The van der Waals surface area contributed by atoms with Gasteiger partial charge in [-0.15, -0.1) is 0 Å². The quantitative estimate of drug-likeness (QED) is 0.457. The maximum Gasteiger partial charge on any atom is 0.217 e. The van der Waals surface area contributed by atoms with Gasteiger partial charge >= 0.3 is 0 Å². The van der Waals surface area contributed by atoms with Crippen molar-refractivity contribution >= 4 is 11.8 Å². The second-order valence-corrected chi connectivity index (χ2v) is 3.16. The number of primary amides is 1. The number of nitrogens with one attached hydrogen (secondary N) is 2. The van der Waals surface area contributed by atoms with E-state index in [4.69, 9.17) is 5.73 Å². The topological polar surface area (TPSA) is 84.2 Å². The number of rotatable bonds is 8. The molecule has 0 spiro atoms. The fraction of sp³-hybridized carbons (Fsp3) is 0.778. The molecule has 2 amide bonds. The van der Waals surface area contributed by atoms with Gasteiger partial charge in [-0.2, -0.15) is 0 Å². The lowest BCUT2D eigenvalue weighted by Crippen LogP contribution is -2.30. The Morgan fingerprint density at radius 3 is 2.43 bits per heavy atom. The van der Waals surface area contributed by atoms with Gasteiger partial charge in [0.1, 0.15) is 0 Å². The van der Waals surface area contributed by atoms with Crippen LogP contribution in [0.4, 0.5) is 0 Å². The van der Waals surface area contributed by atoms with Gasteiger partial charge < -0.3 is 16.4 Å². The number of unbranched alkanes of at least 4 members (excludes halogenated alkanes) is 1. The van der Waals surface area contributed by atoms with Crippen LogP contribution < -0.4 is 16.4 Å². The van der Waals surface area contributed by atoms with Gasteiger partial charge in [0.15, 0.2) is 0 Å². The van der Waals surface area contributed by atoms with Gasteiger partial charge in [-0.3, -0.25) is 9.59 Å². The van der Waals surface area contributed by atoms with E-state index in [1.807, 2.05) is 0 Å². The first-order valence-corrected chi connectivity index (χ1v) is 4.86. The summed E-state index contributed by atoms with van der Waals surface area (Å²) in [5.74, 6) is -0.260. The average Bonchev–Trinajstić information content (AvgIpc) is 2.08. The molecule has 0 unspecified atom stereocenters. The van der Waals surface area contributed by atoms with Crippen LogP contribution in [0.5, 0.6) is 0 Å². The summed E-state index contributed by atoms with van der Waals surface area (Å²) < 4.78 is 0. The molecule has 4 N–H and O–H groups in total. The highest BCUT2D eigenvalue weighted by Crippen LogP contribution is 1.91. The molecule has 0 aromatic rings. The maximum atomic E-state index is 10.5. The van der Waals surface area contributed by atoms with Crippen molar-refractivity contribution in [1.82, 2.24) is 10.6 Å². The summed E-state index contributed by atoms with van der Waals surface area (Å²) in [6.07, 6.45) is 2.21. The zero-order chi connectivity index (χ0) is 10.8. The summed E-state index contributed by atoms with van der Waals surface area (Å²) in [6.45, 7) is 3.75. The van der Waals surface area contributed by atoms with E-state index < -0.39 is 0 Å². The Kier molecular flexibility index (Phi) is 7.83. The average molecular weight is 201 g/mol. The largest absolute Gasteiger partial charge is 0.370 e. The van der Waals surface area contributed by atoms with Gasteiger partial charge in [0.05, 0.1) is 0 Å². The molecule has 0 bridgehead atoms. The van der Waals surface area contributed by atoms with Gasteiger partial charge in [0.2, 0.25) is 11.8 Å². The Bertz CT molecular complexity index is 163. The zero-order valence-corrected chi connectivity index (χ0v) is 8.64. The smallest absolute Gasteiger partial charge is 0.217 e. The first kappa shape index (κ1) is 12.9. The Hall–Kier alpha value is -1.10. The Morgan fingerprint density at radius 1 is 1.14 bits per heavy atom. The normalized spacial score (nSPS) is 9.79. The highest BCUT2D eigenvalue weighted by atomic mass is 16.1. The number of nitrogens with two attached hydrogens (primary N) is 1. The molecule has 0 radical (unpaired) electrons. The van der Waals surface area contributed by atoms with Crippen molar-refractivity contribution in [2.45, 2.75) is 26.2 Å². The molecule has 5 nitrogen and oxygen atoms in total. The molecule has 0 atom stereocenters. The lowest BCUT2D eigenvalue weighted by Gasteiger charge is -2.04. The molecule has 0 saturated carbocycles. The summed E-state index contributed by atoms with van der Waals surface area (Å²) in [5.41, 5.74) is 4.98. The van der Waals surface area contributed by atoms with E-state index in [1.54, 1.807) is 0 Å². The van der Waals surface area contributed by atoms with Crippen LogP contribution in [0, 0.1) is 0 Å². The van der Waals surface area contributed by atoms with Crippen LogP contribution in [-0.2, 0) is 9.59 Å². The van der Waals surface area contributed by atoms with E-state index in [-0.39, 0.29) is 11.8 Å². The highest BCUT2D eigenvalue weighted by molar-refractivity contribution is 5.73. The van der Waals surface area contributed by atoms with Gasteiger partial charge in [0, 0.05) is 26.4 Å². The number of carbonyl (C=O) groups excluding carboxylic acids is 2. The van der Waals surface area contributed by atoms with E-state index in [0.29, 0.717) is 13.0 Å². The van der Waals surface area contributed by atoms with E-state index in [0.717, 1.165) is 25.9 Å². The molecule has 14 heavy (non-hydrogen) atoms. The minimum absolute atomic E-state index is 0.0134. The number of hydrogen-bond acceptors (Lipinski definition) is 3. The Balaban J connectivity index is 2.99. The second kappa shape index (κ2) is 8.50. The zero-order valence-electron chi connectivity index (χ0n) is 8.64. The van der Waals surface area contributed by atoms with Gasteiger partial charge in [0.25, 0.3) is 0 Å². The number of hydrogen-bond donors (Lipinski definition) is 3. The molecular weight excluding hydrogens is 182 g/mol. The summed E-state index contributed by atoms with van der Waals surface area (Å²) in [6, 6.07) is 0. The van der Waals surface area contributed by atoms with Crippen molar-refractivity contribution in [2.24, 2.45) is 5.73 Å². The minimum atomic E-state index is -0.247. The molecule has 0 aromatic carbocycles. The summed E-state index contributed by atoms with van der Waals surface area (Å²) in [4.78, 5) is 20.8. The van der Waals surface area contributed by atoms with Crippen LogP contribution in [0.15, 0.2) is 0 Å². The molecule has 0 rings (SSSR count). The molecule has 0 saturated heterocycles. The molecule has 82 valence electrons. The molecule has 0 heterocycles. The summed E-state index contributed by atoms with van der Waals surface area (Å²) >= 11 is 0. The van der Waals surface area contributed by atoms with Crippen molar-refractivity contribution in [3.05, 3.63) is 0 Å². The molecule has 0 aromatic heterocycles. The van der Waals surface area contributed by atoms with Crippen LogP contribution >= 0.6 is 0 Å². The molecule has 0 fully saturated rings. The molecule has 0 aliphatic carbocycles. The molecule has 0 aliphatic rings. The minimum Gasteiger partial charge on any atom is -0.370 e. The van der Waals surface area contributed by atoms with Crippen LogP contribution in [0.1, 0.15) is 26.2 Å². The first-order chi connectivity index (χ1) is 6.63. The fourth-order valence-corrected chi connectivity index (χ4v) is 1.00. The Labute approximate surface area is 84.4 Å². The number of carbonyl (C=O) groups is 2. The van der Waals surface area contributed by atoms with Crippen LogP contribution in [0.2, 0.25) is 0 Å². The van der Waals surface area contributed by atoms with Crippen molar-refractivity contribution in [3.63, 3.8) is 0 Å². The van der Waals surface area contributed by atoms with Crippen molar-refractivity contribution in [2.75, 3.05) is 19.6 Å². The molecule has 0 aliphatic heterocycles. The predicted molar refractivity (Wildman–Crippen MR) is 54.6 cm³/mol. The third-order valence-corrected chi connectivity index (χ3v) is 1.70. The third kappa shape index (κ3) is 10.9. The van der Waals surface area contributed by atoms with Crippen molar-refractivity contribution in [3.8, 4) is 0 Å². The summed E-state index contributed by atoms with van der Waals surface area (Å²) in [7, 11) is 0. The summed E-state index contributed by atoms with van der Waals surface area (Å²) in [5, 5.41) is 5.83. The lowest BCUT2D eigenvalue weighted by molar-refractivity contribution is -0.119. The second-order valence-electron chi connectivity index (χ2n) is 3.16. The third-order valence-electron chi connectivity index (χ3n) is 1.70. The Morgan fingerprint density at radius 2 is 1.86 bits per heavy atom. The predicted octanol–water partition coefficient (Wildman–Crippen LogP) is -0.632. The van der Waals surface area contributed by atoms with Crippen molar-refractivity contribution < 1.29 is 9.59 Å². The van der Waals surface area contributed by atoms with E-state index in [2.05, 4.69) is 10.6 Å². The lowest BCUT2D eigenvalue weighted by atomic mass is 10.2. The van der Waals surface area contributed by atoms with Gasteiger partial charge in [-0.1, -0.05) is 0 Å². The van der Waals surface area contributed by atoms with E-state index in [1.165, 1.54) is 6.92 Å². The standard InChI is InChI=1S/C9H19N3O2/c1-8(13)12-7-6-11-5-3-2-4-9(10)14/h11H,2-7H2,1H3,(H2,10,14)(H,12,13). The van der Waals surface area contributed by atoms with Crippen LogP contribution in [0.3, 0.4) is 0 Å². The molecule has 5 heteroatoms. The SMILES string of the molecule is CC(=O)NCCNCCCCC(N)=O. The monoisotopic (exact) mass is 201 g/mol. The molecular formula is C9H19N3O2. The van der Waals surface area contributed by atoms with Gasteiger partial charge in [-0.25, -0.2) is 0 Å². The maximum absolute atomic E-state index is 10.5.